The van der Waals surface area contributed by atoms with Crippen LogP contribution in [0.15, 0.2) is 188 Å². The van der Waals surface area contributed by atoms with Gasteiger partial charge >= 0.3 is 0 Å². The molecule has 0 amide bonds. The molecule has 0 fully saturated rings. The predicted molar refractivity (Wildman–Crippen MR) is 602 cm³/mol. The highest BCUT2D eigenvalue weighted by molar-refractivity contribution is 7.27. The quantitative estimate of drug-likeness (QED) is 0.122. The molecule has 7 aliphatic rings. The summed E-state index contributed by atoms with van der Waals surface area (Å²) in [6, 6.07) is 52.2. The third-order valence-electron chi connectivity index (χ3n) is 29.3. The largest absolute Gasteiger partial charge is 0.375 e. The van der Waals surface area contributed by atoms with Gasteiger partial charge in [0.25, 0.3) is 0 Å². The van der Waals surface area contributed by atoms with Crippen molar-refractivity contribution in [1.29, 1.82) is 0 Å². The Labute approximate surface area is 809 Å². The van der Waals surface area contributed by atoms with Gasteiger partial charge in [-0.25, -0.2) is 0 Å². The topological polar surface area (TPSA) is 36.1 Å². The maximum Gasteiger partial charge on any atom is 0.0502 e. The minimum absolute atomic E-state index is 0.993. The van der Waals surface area contributed by atoms with Gasteiger partial charge in [-0.05, 0) is 317 Å². The fourth-order valence-electron chi connectivity index (χ4n) is 23.2. The number of benzene rings is 9. The Kier molecular flexibility index (Phi) is 26.8. The Hall–Kier alpha value is -11.4. The van der Waals surface area contributed by atoms with Crippen molar-refractivity contribution in [3.8, 4) is 11.1 Å². The average molecular weight is 1840 g/mol. The molecule has 12 heteroatoms. The number of nitrogens with zero attached hydrogens (tertiary/aromatic N) is 8. The summed E-state index contributed by atoms with van der Waals surface area (Å²) >= 11 is 7.83. The average Bonchev–Trinajstić information content (AvgIpc) is 1.56. The lowest BCUT2D eigenvalue weighted by Gasteiger charge is -2.25. The highest BCUT2D eigenvalue weighted by atomic mass is 32.1. The first-order chi connectivity index (χ1) is 66.0. The Morgan fingerprint density at radius 2 is 0.664 bits per heavy atom. The van der Waals surface area contributed by atoms with E-state index in [2.05, 4.69) is 325 Å². The van der Waals surface area contributed by atoms with Crippen LogP contribution >= 0.6 is 45.3 Å². The second-order valence-electron chi connectivity index (χ2n) is 35.6. The zero-order valence-electron chi connectivity index (χ0n) is 82.6. The van der Waals surface area contributed by atoms with E-state index in [-0.39, 0.29) is 0 Å². The molecule has 0 radical (unpaired) electrons. The summed E-state index contributed by atoms with van der Waals surface area (Å²) in [6.07, 6.45) is 48.8. The first kappa shape index (κ1) is 91.7. The number of fused-ring (bicyclic) bond motifs is 32. The van der Waals surface area contributed by atoms with Crippen LogP contribution in [0.5, 0.6) is 0 Å². The summed E-state index contributed by atoms with van der Waals surface area (Å²) in [7, 11) is 4.37. The molecule has 686 valence electrons. The second kappa shape index (κ2) is 39.1. The molecule has 134 heavy (non-hydrogen) atoms. The molecule has 7 aliphatic carbocycles. The van der Waals surface area contributed by atoms with Gasteiger partial charge in [-0.3, -0.25) is 0 Å². The van der Waals surface area contributed by atoms with Gasteiger partial charge in [-0.2, -0.15) is 0 Å². The van der Waals surface area contributed by atoms with E-state index >= 15 is 0 Å². The Bertz CT molecular complexity index is 8050. The first-order valence-electron chi connectivity index (χ1n) is 51.0. The van der Waals surface area contributed by atoms with E-state index in [0.717, 1.165) is 142 Å². The van der Waals surface area contributed by atoms with Crippen LogP contribution in [0.2, 0.25) is 0 Å². The van der Waals surface area contributed by atoms with E-state index < -0.39 is 0 Å². The molecule has 0 saturated carbocycles. The number of aryl methyl sites for hydroxylation is 11. The number of rotatable bonds is 12. The minimum Gasteiger partial charge on any atom is -0.375 e. The fraction of sp³-hybridized carbons (Fsp3) is 0.328. The number of allylic oxidation sites excluding steroid dienone is 9. The molecule has 0 spiro atoms. The monoisotopic (exact) mass is 1840 g/mol. The molecule has 0 unspecified atom stereocenters. The zero-order chi connectivity index (χ0) is 93.0. The smallest absolute Gasteiger partial charge is 0.0502 e. The summed E-state index contributed by atoms with van der Waals surface area (Å²) in [4.78, 5) is 4.69. The van der Waals surface area contributed by atoms with Crippen LogP contribution in [0.4, 0.5) is 5.69 Å². The molecular formula is C122H134N8S4. The molecular weight excluding hydrogens is 1710 g/mol. The molecule has 9 aromatic carbocycles. The van der Waals surface area contributed by atoms with Crippen molar-refractivity contribution in [2.45, 2.75) is 240 Å². The fourth-order valence-corrected chi connectivity index (χ4v) is 27.9. The van der Waals surface area contributed by atoms with Crippen molar-refractivity contribution < 1.29 is 0 Å². The Morgan fingerprint density at radius 3 is 1.20 bits per heavy atom. The van der Waals surface area contributed by atoms with Crippen LogP contribution in [0.1, 0.15) is 235 Å². The van der Waals surface area contributed by atoms with E-state index in [0.29, 0.717) is 0 Å². The highest BCUT2D eigenvalue weighted by Gasteiger charge is 2.29. The number of likely N-dealkylation sites (N-methyl/N-ethyl adjacent to an activating group) is 1. The Balaban J connectivity index is 0.000000112. The standard InChI is InChI=1S/C29H28N2S.C29H30N2S.2C28H26N2S.4C2H6/c1-4-30(3)25-12-8-6-10-20(25)19-14-15-28-23(16-19)24-17-22-21-11-7-9-13-26(21)31(5-2)27(22)18-29(24)32-28;1-4-30(3)25-12-8-6-10-20(25)19-14-15-22-24-17-23-21-11-7-9-13-26(21)31(5-2)27(23)18-29(24)32-28(22)16-19;1-3-29-23-12-8-6-10-19(23)27-24(29)14-13-18-21-15-20-17-9-5-7-11-22(17)30(4-2)25(20)16-26(21)31-28(18)27;1-3-29-22-12-8-6-10-18(22)27-23(29)13-14-25-28(27)20-15-19-17-9-5-7-11-21(17)30(4-2)24(19)16-26(20)31-25;4*1-2/h6,8-10,12-18H,4-5,7,11H2,1-3H3;8-9,12-18H,4-7,10-11H2,1-3H3;7-8,11-16H,3-6,9-10H2,1-2H3;6-7,10-11,13-16H,3-5,8-9,12H2,1-2H3;4*1-2H3. The Morgan fingerprint density at radius 1 is 0.276 bits per heavy atom. The van der Waals surface area contributed by atoms with Crippen molar-refractivity contribution in [3.63, 3.8) is 0 Å². The van der Waals surface area contributed by atoms with Crippen LogP contribution in [0.25, 0.3) is 199 Å². The molecule has 8 nitrogen and oxygen atoms in total. The summed E-state index contributed by atoms with van der Waals surface area (Å²) in [5.74, 6) is 0. The molecule has 0 saturated heterocycles. The number of anilines is 1. The first-order valence-corrected chi connectivity index (χ1v) is 54.3. The molecule has 0 bridgehead atoms. The lowest BCUT2D eigenvalue weighted by atomic mass is 9.93. The van der Waals surface area contributed by atoms with E-state index in [1.807, 2.05) is 101 Å². The molecule has 10 heterocycles. The number of thiophene rings is 4. The maximum atomic E-state index is 2.55. The van der Waals surface area contributed by atoms with Gasteiger partial charge in [0, 0.05) is 242 Å². The summed E-state index contributed by atoms with van der Waals surface area (Å²) in [5, 5.41) is 20.2. The zero-order valence-corrected chi connectivity index (χ0v) is 85.8. The molecule has 19 aromatic rings. The van der Waals surface area contributed by atoms with Crippen LogP contribution in [-0.4, -0.2) is 59.5 Å². The van der Waals surface area contributed by atoms with E-state index in [4.69, 9.17) is 0 Å². The maximum absolute atomic E-state index is 2.55. The molecule has 0 N–H and O–H groups in total. The van der Waals surface area contributed by atoms with Gasteiger partial charge in [0.2, 0.25) is 0 Å². The lowest BCUT2D eigenvalue weighted by Crippen LogP contribution is -2.18. The molecule has 10 aromatic heterocycles. The normalized spacial score (nSPS) is 14.4. The van der Waals surface area contributed by atoms with Crippen molar-refractivity contribution in [2.75, 3.05) is 32.1 Å². The number of hydrogen-bond donors (Lipinski definition) is 0. The van der Waals surface area contributed by atoms with Gasteiger partial charge < -0.3 is 37.2 Å². The summed E-state index contributed by atoms with van der Waals surface area (Å²) in [6.45, 7) is 42.2. The second-order valence-corrected chi connectivity index (χ2v) is 39.9. The minimum atomic E-state index is 0.993. The predicted octanol–water partition coefficient (Wildman–Crippen LogP) is 36.1. The van der Waals surface area contributed by atoms with Gasteiger partial charge in [0.1, 0.15) is 0 Å². The summed E-state index contributed by atoms with van der Waals surface area (Å²) < 4.78 is 26.4. The van der Waals surface area contributed by atoms with Crippen molar-refractivity contribution in [3.05, 3.63) is 261 Å². The van der Waals surface area contributed by atoms with E-state index in [9.17, 15) is 0 Å². The number of hydrogen-bond acceptors (Lipinski definition) is 6. The summed E-state index contributed by atoms with van der Waals surface area (Å²) in [5.41, 5.74) is 34.3. The van der Waals surface area contributed by atoms with Crippen molar-refractivity contribution in [2.24, 2.45) is 0 Å². The highest BCUT2D eigenvalue weighted by Crippen LogP contribution is 2.51. The van der Waals surface area contributed by atoms with E-state index in [1.54, 1.807) is 16.7 Å². The number of para-hydroxylation sites is 1. The molecule has 0 aliphatic heterocycles. The number of aromatic nitrogens is 6. The van der Waals surface area contributed by atoms with Gasteiger partial charge in [0.15, 0.2) is 0 Å². The van der Waals surface area contributed by atoms with Crippen molar-refractivity contribution in [1.82, 2.24) is 32.3 Å². The SMILES string of the molecule is CC.CC.CC.CC.CCN(C)C1=C(c2ccc3c(c2)sc2cc4c(cc23)c2c(n4CC)C=CCC2)CCC=C1.CCN(C)c1ccccc1-c1ccc2sc3cc4c(cc3c2c1)c1c(n4CC)C=CCC1.CCn1c2c(c3cc4c(cc31)sc1c4ccc3c1c1c(n3CC)C=CCC1)CCC=C2.CCn1c2c(c3cc4c(cc31)sc1ccc3c(c5c(n3CC)CCC=C5)c14)CCC=C2. The van der Waals surface area contributed by atoms with Crippen LogP contribution in [0.3, 0.4) is 0 Å². The molecule has 0 atom stereocenters. The lowest BCUT2D eigenvalue weighted by molar-refractivity contribution is 0.455. The van der Waals surface area contributed by atoms with Gasteiger partial charge in [0.05, 0.1) is 27.6 Å². The third kappa shape index (κ3) is 15.2. The van der Waals surface area contributed by atoms with Gasteiger partial charge in [-0.1, -0.05) is 146 Å². The van der Waals surface area contributed by atoms with Crippen molar-refractivity contribution >= 4 is 239 Å². The van der Waals surface area contributed by atoms with Gasteiger partial charge in [-0.15, -0.1) is 45.3 Å². The van der Waals surface area contributed by atoms with Crippen LogP contribution < -0.4 is 4.90 Å². The third-order valence-corrected chi connectivity index (χ3v) is 33.8. The van der Waals surface area contributed by atoms with Crippen LogP contribution in [0, 0.1) is 0 Å². The van der Waals surface area contributed by atoms with Crippen LogP contribution in [-0.2, 0) is 77.8 Å². The molecule has 26 rings (SSSR count). The van der Waals surface area contributed by atoms with E-state index in [1.165, 1.54) is 231 Å².